The van der Waals surface area contributed by atoms with Crippen LogP contribution in [0.25, 0.3) is 0 Å². The number of hydrogen-bond donors (Lipinski definition) is 3. The largest absolute Gasteiger partial charge is 0.507 e. The number of halogens is 1. The number of phenolic OH excluding ortho intramolecular Hbond substituents is 1. The molecule has 1 aromatic rings. The van der Waals surface area contributed by atoms with Crippen LogP contribution in [0.1, 0.15) is 20.7 Å². The van der Waals surface area contributed by atoms with Crippen molar-refractivity contribution in [2.24, 2.45) is 0 Å². The highest BCUT2D eigenvalue weighted by molar-refractivity contribution is 9.10. The highest BCUT2D eigenvalue weighted by atomic mass is 79.9. The molecule has 0 unspecified atom stereocenters. The van der Waals surface area contributed by atoms with Crippen LogP contribution >= 0.6 is 15.9 Å². The average molecular weight is 261 g/mol. The first-order chi connectivity index (χ1) is 6.43. The third-order valence-corrected chi connectivity index (χ3v) is 2.18. The van der Waals surface area contributed by atoms with Gasteiger partial charge in [-0.3, -0.25) is 0 Å². The lowest BCUT2D eigenvalue weighted by molar-refractivity contribution is 0.0651. The quantitative estimate of drug-likeness (QED) is 0.750. The van der Waals surface area contributed by atoms with Gasteiger partial charge in [-0.05, 0) is 28.1 Å². The van der Waals surface area contributed by atoms with E-state index >= 15 is 0 Å². The Bertz CT molecular complexity index is 373. The van der Waals surface area contributed by atoms with E-state index in [0.717, 1.165) is 12.1 Å². The fraction of sp³-hybridized carbons (Fsp3) is 0. The predicted molar refractivity (Wildman–Crippen MR) is 49.7 cm³/mol. The van der Waals surface area contributed by atoms with E-state index in [1.165, 1.54) is 0 Å². The molecule has 0 radical (unpaired) electrons. The van der Waals surface area contributed by atoms with E-state index in [-0.39, 0.29) is 15.8 Å². The maximum atomic E-state index is 10.6. The molecule has 0 bridgehead atoms. The van der Waals surface area contributed by atoms with Gasteiger partial charge in [0.15, 0.2) is 0 Å². The van der Waals surface area contributed by atoms with Gasteiger partial charge < -0.3 is 15.3 Å². The van der Waals surface area contributed by atoms with Crippen molar-refractivity contribution in [3.63, 3.8) is 0 Å². The Morgan fingerprint density at radius 1 is 1.07 bits per heavy atom. The molecular weight excluding hydrogens is 256 g/mol. The van der Waals surface area contributed by atoms with Crippen LogP contribution in [-0.4, -0.2) is 27.3 Å². The zero-order valence-corrected chi connectivity index (χ0v) is 8.28. The maximum absolute atomic E-state index is 10.6. The molecule has 0 amide bonds. The van der Waals surface area contributed by atoms with Gasteiger partial charge in [0.25, 0.3) is 0 Å². The normalized spacial score (nSPS) is 9.79. The molecule has 0 fully saturated rings. The highest BCUT2D eigenvalue weighted by Crippen LogP contribution is 2.27. The van der Waals surface area contributed by atoms with E-state index in [9.17, 15) is 9.59 Å². The molecule has 0 aromatic heterocycles. The van der Waals surface area contributed by atoms with Crippen molar-refractivity contribution < 1.29 is 24.9 Å². The number of phenols is 1. The Hall–Kier alpha value is -1.56. The molecule has 0 saturated carbocycles. The van der Waals surface area contributed by atoms with Crippen molar-refractivity contribution in [1.82, 2.24) is 0 Å². The third kappa shape index (κ3) is 1.85. The first kappa shape index (κ1) is 10.5. The van der Waals surface area contributed by atoms with Crippen LogP contribution in [0.3, 0.4) is 0 Å². The lowest BCUT2D eigenvalue weighted by Gasteiger charge is -2.03. The van der Waals surface area contributed by atoms with Crippen molar-refractivity contribution in [1.29, 1.82) is 0 Å². The molecular formula is C8H5BrO5. The summed E-state index contributed by atoms with van der Waals surface area (Å²) in [5.41, 5.74) is -0.819. The lowest BCUT2D eigenvalue weighted by atomic mass is 10.1. The molecule has 6 heteroatoms. The van der Waals surface area contributed by atoms with Crippen molar-refractivity contribution in [3.05, 3.63) is 27.7 Å². The van der Waals surface area contributed by atoms with E-state index in [1.807, 2.05) is 0 Å². The van der Waals surface area contributed by atoms with E-state index in [4.69, 9.17) is 15.3 Å². The van der Waals surface area contributed by atoms with Crippen LogP contribution in [0.2, 0.25) is 0 Å². The van der Waals surface area contributed by atoms with Gasteiger partial charge in [0.1, 0.15) is 5.75 Å². The minimum atomic E-state index is -1.40. The summed E-state index contributed by atoms with van der Waals surface area (Å²) in [6.45, 7) is 0. The average Bonchev–Trinajstić information content (AvgIpc) is 2.08. The highest BCUT2D eigenvalue weighted by Gasteiger charge is 2.18. The Kier molecular flexibility index (Phi) is 2.76. The standard InChI is InChI=1S/C8H5BrO5/c9-5-1-3(7(11)12)4(8(13)14)2-6(5)10/h1-2,10H,(H,11,12)(H,13,14). The molecule has 0 aliphatic heterocycles. The molecule has 14 heavy (non-hydrogen) atoms. The molecule has 0 aliphatic rings. The molecule has 3 N–H and O–H groups in total. The van der Waals surface area contributed by atoms with Gasteiger partial charge in [-0.1, -0.05) is 0 Å². The van der Waals surface area contributed by atoms with Crippen LogP contribution in [0, 0.1) is 0 Å². The number of rotatable bonds is 2. The van der Waals surface area contributed by atoms with Gasteiger partial charge in [0.2, 0.25) is 0 Å². The minimum Gasteiger partial charge on any atom is -0.507 e. The fourth-order valence-corrected chi connectivity index (χ4v) is 1.26. The van der Waals surface area contributed by atoms with Crippen LogP contribution in [0.15, 0.2) is 16.6 Å². The topological polar surface area (TPSA) is 94.8 Å². The van der Waals surface area contributed by atoms with Crippen LogP contribution in [0.5, 0.6) is 5.75 Å². The van der Waals surface area contributed by atoms with E-state index in [0.29, 0.717) is 0 Å². The van der Waals surface area contributed by atoms with Gasteiger partial charge in [0, 0.05) is 0 Å². The minimum absolute atomic E-state index is 0.139. The number of aromatic carboxylic acids is 2. The molecule has 0 spiro atoms. The van der Waals surface area contributed by atoms with Crippen molar-refractivity contribution in [2.75, 3.05) is 0 Å². The summed E-state index contributed by atoms with van der Waals surface area (Å²) in [6, 6.07) is 1.93. The van der Waals surface area contributed by atoms with Crippen LogP contribution in [0.4, 0.5) is 0 Å². The van der Waals surface area contributed by atoms with E-state index in [1.54, 1.807) is 0 Å². The summed E-state index contributed by atoms with van der Waals surface area (Å²) in [4.78, 5) is 21.2. The number of carboxylic acids is 2. The first-order valence-electron chi connectivity index (χ1n) is 3.42. The van der Waals surface area contributed by atoms with E-state index in [2.05, 4.69) is 15.9 Å². The summed E-state index contributed by atoms with van der Waals surface area (Å²) in [7, 11) is 0. The number of carboxylic acid groups (broad SMARTS) is 2. The van der Waals surface area contributed by atoms with Gasteiger partial charge in [-0.25, -0.2) is 9.59 Å². The molecule has 1 rings (SSSR count). The number of carbonyl (C=O) groups is 2. The molecule has 1 aromatic carbocycles. The third-order valence-electron chi connectivity index (χ3n) is 1.55. The molecule has 5 nitrogen and oxygen atoms in total. The zero-order chi connectivity index (χ0) is 10.9. The SMILES string of the molecule is O=C(O)c1cc(O)c(Br)cc1C(=O)O. The second kappa shape index (κ2) is 3.67. The van der Waals surface area contributed by atoms with Gasteiger partial charge in [-0.2, -0.15) is 0 Å². The smallest absolute Gasteiger partial charge is 0.336 e. The molecule has 0 saturated heterocycles. The van der Waals surface area contributed by atoms with Gasteiger partial charge in [0.05, 0.1) is 15.6 Å². The van der Waals surface area contributed by atoms with Gasteiger partial charge in [-0.15, -0.1) is 0 Å². The zero-order valence-electron chi connectivity index (χ0n) is 6.69. The summed E-state index contributed by atoms with van der Waals surface area (Å²) in [6.07, 6.45) is 0. The Morgan fingerprint density at radius 2 is 1.50 bits per heavy atom. The molecule has 74 valence electrons. The second-order valence-corrected chi connectivity index (χ2v) is 3.31. The number of aromatic hydroxyl groups is 1. The van der Waals surface area contributed by atoms with Crippen LogP contribution in [-0.2, 0) is 0 Å². The second-order valence-electron chi connectivity index (χ2n) is 2.46. The Labute approximate surface area is 86.7 Å². The monoisotopic (exact) mass is 260 g/mol. The molecule has 0 atom stereocenters. The maximum Gasteiger partial charge on any atom is 0.336 e. The molecule has 0 aliphatic carbocycles. The summed E-state index contributed by atoms with van der Waals surface area (Å²) in [5, 5.41) is 26.5. The van der Waals surface area contributed by atoms with Crippen molar-refractivity contribution in [3.8, 4) is 5.75 Å². The molecule has 0 heterocycles. The lowest BCUT2D eigenvalue weighted by Crippen LogP contribution is -2.07. The van der Waals surface area contributed by atoms with Crippen LogP contribution < -0.4 is 0 Å². The van der Waals surface area contributed by atoms with Crippen molar-refractivity contribution in [2.45, 2.75) is 0 Å². The fourth-order valence-electron chi connectivity index (χ4n) is 0.916. The first-order valence-corrected chi connectivity index (χ1v) is 4.22. The summed E-state index contributed by atoms with van der Waals surface area (Å²) in [5.74, 6) is -3.07. The number of hydrogen-bond acceptors (Lipinski definition) is 3. The van der Waals surface area contributed by atoms with E-state index < -0.39 is 17.5 Å². The van der Waals surface area contributed by atoms with Crippen molar-refractivity contribution >= 4 is 27.9 Å². The summed E-state index contributed by atoms with van der Waals surface area (Å²) < 4.78 is 0.139. The van der Waals surface area contributed by atoms with Gasteiger partial charge >= 0.3 is 11.9 Å². The Balaban J connectivity index is 3.46. The number of benzene rings is 1. The summed E-state index contributed by atoms with van der Waals surface area (Å²) >= 11 is 2.89. The predicted octanol–water partition coefficient (Wildman–Crippen LogP) is 1.55. The Morgan fingerprint density at radius 3 is 1.93 bits per heavy atom.